The number of rotatable bonds is 6. The fourth-order valence-electron chi connectivity index (χ4n) is 2.15. The van der Waals surface area contributed by atoms with Gasteiger partial charge in [0, 0.05) is 18.0 Å². The van der Waals surface area contributed by atoms with E-state index in [-0.39, 0.29) is 6.04 Å². The van der Waals surface area contributed by atoms with Gasteiger partial charge in [0.15, 0.2) is 0 Å². The Morgan fingerprint density at radius 1 is 1.19 bits per heavy atom. The van der Waals surface area contributed by atoms with Crippen LogP contribution in [0.2, 0.25) is 0 Å². The maximum Gasteiger partial charge on any atom is 0.149 e. The van der Waals surface area contributed by atoms with Crippen LogP contribution in [-0.2, 0) is 0 Å². The summed E-state index contributed by atoms with van der Waals surface area (Å²) in [6.07, 6.45) is 3.47. The Morgan fingerprint density at radius 3 is 2.48 bits per heavy atom. The van der Waals surface area contributed by atoms with Crippen molar-refractivity contribution in [1.29, 1.82) is 0 Å². The van der Waals surface area contributed by atoms with E-state index >= 15 is 0 Å². The largest absolute Gasteiger partial charge is 0.495 e. The molecular formula is C15H18BrN3O2. The molecule has 0 amide bonds. The zero-order valence-electron chi connectivity index (χ0n) is 12.3. The van der Waals surface area contributed by atoms with Crippen LogP contribution in [0.3, 0.4) is 0 Å². The standard InChI is InChI=1S/C15H18BrN3O2/c1-4-17-13(15-18-8-5-9-19-15)10-6-7-11(20-2)12(16)14(10)21-3/h5-9,13,17H,4H2,1-3H3. The smallest absolute Gasteiger partial charge is 0.149 e. The number of methoxy groups -OCH3 is 2. The van der Waals surface area contributed by atoms with E-state index in [2.05, 4.69) is 31.2 Å². The third kappa shape index (κ3) is 3.33. The van der Waals surface area contributed by atoms with Crippen LogP contribution in [0.25, 0.3) is 0 Å². The van der Waals surface area contributed by atoms with Crippen molar-refractivity contribution >= 4 is 15.9 Å². The van der Waals surface area contributed by atoms with E-state index in [9.17, 15) is 0 Å². The number of hydrogen-bond acceptors (Lipinski definition) is 5. The molecule has 1 aromatic carbocycles. The van der Waals surface area contributed by atoms with Gasteiger partial charge >= 0.3 is 0 Å². The van der Waals surface area contributed by atoms with Gasteiger partial charge in [-0.2, -0.15) is 0 Å². The highest BCUT2D eigenvalue weighted by Gasteiger charge is 2.23. The molecule has 5 nitrogen and oxygen atoms in total. The Kier molecular flexibility index (Phi) is 5.52. The molecule has 1 atom stereocenters. The van der Waals surface area contributed by atoms with Crippen LogP contribution in [0.15, 0.2) is 35.1 Å². The molecule has 1 aromatic heterocycles. The second-order valence-corrected chi connectivity index (χ2v) is 5.09. The van der Waals surface area contributed by atoms with Gasteiger partial charge < -0.3 is 14.8 Å². The Hall–Kier alpha value is -1.66. The van der Waals surface area contributed by atoms with Crippen LogP contribution in [-0.4, -0.2) is 30.7 Å². The first-order valence-electron chi connectivity index (χ1n) is 6.63. The van der Waals surface area contributed by atoms with Gasteiger partial charge in [-0.15, -0.1) is 0 Å². The molecule has 1 unspecified atom stereocenters. The van der Waals surface area contributed by atoms with E-state index in [1.165, 1.54) is 0 Å². The molecule has 0 fully saturated rings. The van der Waals surface area contributed by atoms with Crippen molar-refractivity contribution < 1.29 is 9.47 Å². The van der Waals surface area contributed by atoms with Crippen molar-refractivity contribution in [2.75, 3.05) is 20.8 Å². The number of aromatic nitrogens is 2. The summed E-state index contributed by atoms with van der Waals surface area (Å²) in [5.74, 6) is 2.14. The molecule has 0 aliphatic heterocycles. The highest BCUT2D eigenvalue weighted by atomic mass is 79.9. The first-order valence-corrected chi connectivity index (χ1v) is 7.42. The van der Waals surface area contributed by atoms with E-state index in [0.29, 0.717) is 11.6 Å². The number of nitrogens with one attached hydrogen (secondary N) is 1. The van der Waals surface area contributed by atoms with Gasteiger partial charge in [-0.05, 0) is 40.7 Å². The van der Waals surface area contributed by atoms with Gasteiger partial charge in [-0.1, -0.05) is 6.92 Å². The van der Waals surface area contributed by atoms with E-state index < -0.39 is 0 Å². The van der Waals surface area contributed by atoms with Crippen molar-refractivity contribution in [1.82, 2.24) is 15.3 Å². The van der Waals surface area contributed by atoms with Crippen LogP contribution in [0, 0.1) is 0 Å². The number of ether oxygens (including phenoxy) is 2. The second kappa shape index (κ2) is 7.38. The highest BCUT2D eigenvalue weighted by molar-refractivity contribution is 9.10. The molecule has 0 saturated carbocycles. The lowest BCUT2D eigenvalue weighted by molar-refractivity contribution is 0.382. The minimum absolute atomic E-state index is 0.145. The van der Waals surface area contributed by atoms with E-state index in [0.717, 1.165) is 22.3 Å². The predicted octanol–water partition coefficient (Wildman–Crippen LogP) is 2.96. The Balaban J connectivity index is 2.53. The average Bonchev–Trinajstić information content (AvgIpc) is 2.53. The second-order valence-electron chi connectivity index (χ2n) is 4.30. The Morgan fingerprint density at radius 2 is 1.90 bits per heavy atom. The minimum Gasteiger partial charge on any atom is -0.495 e. The molecule has 112 valence electrons. The number of hydrogen-bond donors (Lipinski definition) is 1. The highest BCUT2D eigenvalue weighted by Crippen LogP contribution is 2.40. The van der Waals surface area contributed by atoms with Crippen molar-refractivity contribution in [3.05, 3.63) is 46.5 Å². The van der Waals surface area contributed by atoms with Crippen molar-refractivity contribution in [3.63, 3.8) is 0 Å². The lowest BCUT2D eigenvalue weighted by atomic mass is 10.0. The molecule has 21 heavy (non-hydrogen) atoms. The first kappa shape index (κ1) is 15.7. The SMILES string of the molecule is CCNC(c1ncccn1)c1ccc(OC)c(Br)c1OC. The fourth-order valence-corrected chi connectivity index (χ4v) is 2.83. The van der Waals surface area contributed by atoms with Gasteiger partial charge in [0.25, 0.3) is 0 Å². The average molecular weight is 352 g/mol. The normalized spacial score (nSPS) is 12.0. The molecule has 0 aliphatic rings. The fraction of sp³-hybridized carbons (Fsp3) is 0.333. The topological polar surface area (TPSA) is 56.3 Å². The van der Waals surface area contributed by atoms with Gasteiger partial charge in [0.1, 0.15) is 21.8 Å². The molecule has 0 aliphatic carbocycles. The van der Waals surface area contributed by atoms with Gasteiger partial charge in [0.2, 0.25) is 0 Å². The molecule has 0 spiro atoms. The van der Waals surface area contributed by atoms with Crippen LogP contribution in [0.5, 0.6) is 11.5 Å². The molecular weight excluding hydrogens is 334 g/mol. The number of halogens is 1. The van der Waals surface area contributed by atoms with Crippen molar-refractivity contribution in [2.24, 2.45) is 0 Å². The summed E-state index contributed by atoms with van der Waals surface area (Å²) < 4.78 is 11.6. The Labute approximate surface area is 132 Å². The summed E-state index contributed by atoms with van der Waals surface area (Å²) in [4.78, 5) is 8.69. The van der Waals surface area contributed by atoms with E-state index in [1.807, 2.05) is 19.1 Å². The van der Waals surface area contributed by atoms with Crippen LogP contribution in [0.1, 0.15) is 24.4 Å². The summed E-state index contributed by atoms with van der Waals surface area (Å²) in [5, 5.41) is 3.39. The summed E-state index contributed by atoms with van der Waals surface area (Å²) >= 11 is 3.53. The predicted molar refractivity (Wildman–Crippen MR) is 84.8 cm³/mol. The summed E-state index contributed by atoms with van der Waals surface area (Å²) in [5.41, 5.74) is 0.957. The monoisotopic (exact) mass is 351 g/mol. The molecule has 0 radical (unpaired) electrons. The third-order valence-electron chi connectivity index (χ3n) is 3.08. The zero-order valence-corrected chi connectivity index (χ0v) is 13.8. The number of nitrogens with zero attached hydrogens (tertiary/aromatic N) is 2. The quantitative estimate of drug-likeness (QED) is 0.866. The number of benzene rings is 1. The molecule has 2 rings (SSSR count). The molecule has 6 heteroatoms. The maximum absolute atomic E-state index is 5.54. The lowest BCUT2D eigenvalue weighted by Crippen LogP contribution is -2.24. The molecule has 0 bridgehead atoms. The van der Waals surface area contributed by atoms with Crippen LogP contribution >= 0.6 is 15.9 Å². The van der Waals surface area contributed by atoms with Crippen molar-refractivity contribution in [2.45, 2.75) is 13.0 Å². The summed E-state index contributed by atoms with van der Waals surface area (Å²) in [6, 6.07) is 5.52. The Bertz CT molecular complexity index is 593. The van der Waals surface area contributed by atoms with E-state index in [4.69, 9.17) is 9.47 Å². The van der Waals surface area contributed by atoms with Crippen LogP contribution in [0.4, 0.5) is 0 Å². The summed E-state index contributed by atoms with van der Waals surface area (Å²) in [6.45, 7) is 2.83. The van der Waals surface area contributed by atoms with Crippen LogP contribution < -0.4 is 14.8 Å². The lowest BCUT2D eigenvalue weighted by Gasteiger charge is -2.21. The van der Waals surface area contributed by atoms with Gasteiger partial charge in [-0.25, -0.2) is 9.97 Å². The molecule has 2 aromatic rings. The molecule has 0 saturated heterocycles. The zero-order chi connectivity index (χ0) is 15.2. The van der Waals surface area contributed by atoms with E-state index in [1.54, 1.807) is 32.7 Å². The summed E-state index contributed by atoms with van der Waals surface area (Å²) in [7, 11) is 3.26. The van der Waals surface area contributed by atoms with Gasteiger partial charge in [-0.3, -0.25) is 0 Å². The van der Waals surface area contributed by atoms with Crippen molar-refractivity contribution in [3.8, 4) is 11.5 Å². The third-order valence-corrected chi connectivity index (χ3v) is 3.83. The molecule has 1 N–H and O–H groups in total. The van der Waals surface area contributed by atoms with Gasteiger partial charge in [0.05, 0.1) is 20.3 Å². The first-order chi connectivity index (χ1) is 10.2. The minimum atomic E-state index is -0.145. The maximum atomic E-state index is 5.54. The molecule has 1 heterocycles.